The highest BCUT2D eigenvalue weighted by molar-refractivity contribution is 6.06. The zero-order chi connectivity index (χ0) is 14.2. The van der Waals surface area contributed by atoms with E-state index in [1.54, 1.807) is 13.0 Å². The monoisotopic (exact) mass is 261 g/mol. The van der Waals surface area contributed by atoms with Gasteiger partial charge >= 0.3 is 0 Å². The molecule has 0 saturated carbocycles. The van der Waals surface area contributed by atoms with Crippen LogP contribution in [0.25, 0.3) is 0 Å². The van der Waals surface area contributed by atoms with Crippen LogP contribution in [-0.4, -0.2) is 35.7 Å². The molecule has 3 amide bonds. The summed E-state index contributed by atoms with van der Waals surface area (Å²) in [6, 6.07) is 3.40. The van der Waals surface area contributed by atoms with Crippen molar-refractivity contribution in [2.24, 2.45) is 0 Å². The lowest BCUT2D eigenvalue weighted by Gasteiger charge is -2.26. The first-order chi connectivity index (χ1) is 8.88. The summed E-state index contributed by atoms with van der Waals surface area (Å²) in [7, 11) is 0. The number of amides is 3. The maximum Gasteiger partial charge on any atom is 0.255 e. The van der Waals surface area contributed by atoms with E-state index in [1.807, 2.05) is 13.0 Å². The minimum Gasteiger partial charge on any atom is -0.398 e. The molecule has 0 aromatic heterocycles. The number of nitrogens with one attached hydrogen (secondary N) is 1. The fraction of sp³-hybridized carbons (Fsp3) is 0.308. The van der Waals surface area contributed by atoms with Crippen molar-refractivity contribution < 1.29 is 14.4 Å². The number of benzene rings is 1. The van der Waals surface area contributed by atoms with Crippen LogP contribution in [-0.2, 0) is 9.59 Å². The second kappa shape index (κ2) is 4.72. The molecule has 1 aromatic rings. The van der Waals surface area contributed by atoms with E-state index in [0.29, 0.717) is 11.3 Å². The number of aryl methyl sites for hydroxylation is 2. The van der Waals surface area contributed by atoms with Gasteiger partial charge in [-0.15, -0.1) is 0 Å². The number of rotatable bonds is 1. The summed E-state index contributed by atoms with van der Waals surface area (Å²) in [6.07, 6.45) is 0. The molecule has 0 spiro atoms. The summed E-state index contributed by atoms with van der Waals surface area (Å²) in [6.45, 7) is 3.43. The molecule has 1 aromatic carbocycles. The van der Waals surface area contributed by atoms with Crippen molar-refractivity contribution in [3.05, 3.63) is 28.8 Å². The van der Waals surface area contributed by atoms with Gasteiger partial charge in [0.25, 0.3) is 5.91 Å². The van der Waals surface area contributed by atoms with Crippen LogP contribution in [0.2, 0.25) is 0 Å². The average molecular weight is 261 g/mol. The summed E-state index contributed by atoms with van der Waals surface area (Å²) in [5.74, 6) is -1.29. The van der Waals surface area contributed by atoms with Crippen LogP contribution in [0.5, 0.6) is 0 Å². The Bertz CT molecular complexity index is 565. The van der Waals surface area contributed by atoms with Crippen LogP contribution in [0.1, 0.15) is 21.5 Å². The summed E-state index contributed by atoms with van der Waals surface area (Å²) >= 11 is 0. The molecular formula is C13H15N3O3. The van der Waals surface area contributed by atoms with Gasteiger partial charge in [0.15, 0.2) is 0 Å². The first-order valence-corrected chi connectivity index (χ1v) is 5.87. The minimum atomic E-state index is -0.470. The molecule has 1 heterocycles. The number of nitrogen functional groups attached to an aromatic ring is 1. The number of hydrogen-bond donors (Lipinski definition) is 2. The van der Waals surface area contributed by atoms with E-state index in [1.165, 1.54) is 4.90 Å². The molecule has 0 radical (unpaired) electrons. The molecule has 1 saturated heterocycles. The Balaban J connectivity index is 2.31. The maximum atomic E-state index is 12.3. The number of nitrogens with zero attached hydrogens (tertiary/aromatic N) is 1. The number of carbonyl (C=O) groups is 3. The third-order valence-electron chi connectivity index (χ3n) is 3.08. The molecular weight excluding hydrogens is 246 g/mol. The lowest BCUT2D eigenvalue weighted by atomic mass is 10.0. The fourth-order valence-electron chi connectivity index (χ4n) is 2.05. The molecule has 1 aliphatic rings. The van der Waals surface area contributed by atoms with Gasteiger partial charge in [-0.1, -0.05) is 6.07 Å². The SMILES string of the molecule is Cc1cc(C)c(C(=O)N2CC(=O)NC(=O)C2)cc1N. The molecule has 19 heavy (non-hydrogen) atoms. The number of piperazine rings is 1. The second-order valence-electron chi connectivity index (χ2n) is 4.66. The molecule has 0 atom stereocenters. The summed E-state index contributed by atoms with van der Waals surface area (Å²) in [5.41, 5.74) is 8.40. The highest BCUT2D eigenvalue weighted by Crippen LogP contribution is 2.19. The first kappa shape index (κ1) is 13.1. The highest BCUT2D eigenvalue weighted by atomic mass is 16.2. The van der Waals surface area contributed by atoms with Gasteiger partial charge < -0.3 is 10.6 Å². The van der Waals surface area contributed by atoms with Gasteiger partial charge in [0.1, 0.15) is 13.1 Å². The molecule has 3 N–H and O–H groups in total. The molecule has 0 unspecified atom stereocenters. The van der Waals surface area contributed by atoms with Gasteiger partial charge in [0.05, 0.1) is 0 Å². The van der Waals surface area contributed by atoms with Crippen molar-refractivity contribution in [3.8, 4) is 0 Å². The molecule has 1 aliphatic heterocycles. The number of nitrogens with two attached hydrogens (primary N) is 1. The van der Waals surface area contributed by atoms with E-state index in [-0.39, 0.29) is 19.0 Å². The standard InChI is InChI=1S/C13H15N3O3/c1-7-3-8(2)10(14)4-9(7)13(19)16-5-11(17)15-12(18)6-16/h3-4H,5-6,14H2,1-2H3,(H,15,17,18). The summed E-state index contributed by atoms with van der Waals surface area (Å²) < 4.78 is 0. The van der Waals surface area contributed by atoms with Gasteiger partial charge in [-0.3, -0.25) is 19.7 Å². The molecule has 0 aliphatic carbocycles. The molecule has 1 fully saturated rings. The maximum absolute atomic E-state index is 12.3. The van der Waals surface area contributed by atoms with Gasteiger partial charge in [-0.25, -0.2) is 0 Å². The predicted octanol–water partition coefficient (Wildman–Crippen LogP) is -0.0158. The largest absolute Gasteiger partial charge is 0.398 e. The normalized spacial score (nSPS) is 15.4. The van der Waals surface area contributed by atoms with E-state index >= 15 is 0 Å². The number of anilines is 1. The van der Waals surface area contributed by atoms with E-state index in [0.717, 1.165) is 11.1 Å². The first-order valence-electron chi connectivity index (χ1n) is 5.87. The van der Waals surface area contributed by atoms with Gasteiger partial charge in [-0.05, 0) is 31.0 Å². The van der Waals surface area contributed by atoms with Gasteiger partial charge in [-0.2, -0.15) is 0 Å². The molecule has 0 bridgehead atoms. The van der Waals surface area contributed by atoms with E-state index < -0.39 is 11.8 Å². The van der Waals surface area contributed by atoms with Crippen molar-refractivity contribution in [2.45, 2.75) is 13.8 Å². The molecule has 100 valence electrons. The lowest BCUT2D eigenvalue weighted by Crippen LogP contribution is -2.53. The van der Waals surface area contributed by atoms with E-state index in [9.17, 15) is 14.4 Å². The number of carbonyl (C=O) groups excluding carboxylic acids is 3. The molecule has 6 nitrogen and oxygen atoms in total. The highest BCUT2D eigenvalue weighted by Gasteiger charge is 2.27. The summed E-state index contributed by atoms with van der Waals surface area (Å²) in [4.78, 5) is 36.1. The smallest absolute Gasteiger partial charge is 0.255 e. The Labute approximate surface area is 110 Å². The number of imide groups is 1. The lowest BCUT2D eigenvalue weighted by molar-refractivity contribution is -0.135. The van der Waals surface area contributed by atoms with Crippen LogP contribution in [0, 0.1) is 13.8 Å². The molecule has 6 heteroatoms. The van der Waals surface area contributed by atoms with Crippen molar-refractivity contribution >= 4 is 23.4 Å². The quantitative estimate of drug-likeness (QED) is 0.549. The zero-order valence-electron chi connectivity index (χ0n) is 10.8. The van der Waals surface area contributed by atoms with Crippen molar-refractivity contribution in [1.82, 2.24) is 10.2 Å². The Kier molecular flexibility index (Phi) is 3.25. The summed E-state index contributed by atoms with van der Waals surface area (Å²) in [5, 5.41) is 2.15. The van der Waals surface area contributed by atoms with Gasteiger partial charge in [0.2, 0.25) is 11.8 Å². The van der Waals surface area contributed by atoms with Crippen LogP contribution in [0.4, 0.5) is 5.69 Å². The topological polar surface area (TPSA) is 92.5 Å². The predicted molar refractivity (Wildman–Crippen MR) is 69.4 cm³/mol. The Hall–Kier alpha value is -2.37. The van der Waals surface area contributed by atoms with Crippen molar-refractivity contribution in [2.75, 3.05) is 18.8 Å². The van der Waals surface area contributed by atoms with Crippen LogP contribution >= 0.6 is 0 Å². The Morgan fingerprint density at radius 3 is 2.32 bits per heavy atom. The second-order valence-corrected chi connectivity index (χ2v) is 4.66. The van der Waals surface area contributed by atoms with Crippen molar-refractivity contribution in [3.63, 3.8) is 0 Å². The average Bonchev–Trinajstić information content (AvgIpc) is 2.31. The minimum absolute atomic E-state index is 0.113. The van der Waals surface area contributed by atoms with E-state index in [4.69, 9.17) is 5.73 Å². The Morgan fingerprint density at radius 1 is 1.16 bits per heavy atom. The zero-order valence-corrected chi connectivity index (χ0v) is 10.8. The van der Waals surface area contributed by atoms with Crippen LogP contribution in [0.3, 0.4) is 0 Å². The fourth-order valence-corrected chi connectivity index (χ4v) is 2.05. The van der Waals surface area contributed by atoms with Crippen LogP contribution in [0.15, 0.2) is 12.1 Å². The van der Waals surface area contributed by atoms with Gasteiger partial charge in [0, 0.05) is 11.3 Å². The number of hydrogen-bond acceptors (Lipinski definition) is 4. The Morgan fingerprint density at radius 2 is 1.74 bits per heavy atom. The third-order valence-corrected chi connectivity index (χ3v) is 3.08. The van der Waals surface area contributed by atoms with Crippen LogP contribution < -0.4 is 11.1 Å². The third kappa shape index (κ3) is 2.57. The van der Waals surface area contributed by atoms with E-state index in [2.05, 4.69) is 5.32 Å². The van der Waals surface area contributed by atoms with Crippen molar-refractivity contribution in [1.29, 1.82) is 0 Å². The molecule has 2 rings (SSSR count).